The van der Waals surface area contributed by atoms with E-state index in [0.717, 1.165) is 39.3 Å². The first-order chi connectivity index (χ1) is 9.31. The zero-order chi connectivity index (χ0) is 13.5. The van der Waals surface area contributed by atoms with Gasteiger partial charge >= 0.3 is 0 Å². The first-order valence-corrected chi connectivity index (χ1v) is 7.41. The standard InChI is InChI=1S/C16H26N2O/c1-3-10-19-11-9-18-13-14(2)17-12-16(18)15-7-5-4-6-8-15/h4-8,14,16-17H,3,9-13H2,1-2H3. The van der Waals surface area contributed by atoms with Crippen LogP contribution in [-0.4, -0.2) is 43.8 Å². The third-order valence-electron chi connectivity index (χ3n) is 3.66. The maximum absolute atomic E-state index is 5.64. The van der Waals surface area contributed by atoms with E-state index in [0.29, 0.717) is 12.1 Å². The summed E-state index contributed by atoms with van der Waals surface area (Å²) in [6, 6.07) is 11.8. The van der Waals surface area contributed by atoms with Crippen LogP contribution in [0.3, 0.4) is 0 Å². The van der Waals surface area contributed by atoms with E-state index in [9.17, 15) is 0 Å². The molecule has 0 aliphatic carbocycles. The molecule has 3 nitrogen and oxygen atoms in total. The van der Waals surface area contributed by atoms with Gasteiger partial charge in [0.15, 0.2) is 0 Å². The fourth-order valence-corrected chi connectivity index (χ4v) is 2.66. The van der Waals surface area contributed by atoms with Gasteiger partial charge in [0.05, 0.1) is 6.61 Å². The summed E-state index contributed by atoms with van der Waals surface area (Å²) in [7, 11) is 0. The molecule has 1 N–H and O–H groups in total. The first-order valence-electron chi connectivity index (χ1n) is 7.41. The molecule has 1 aliphatic heterocycles. The number of hydrogen-bond donors (Lipinski definition) is 1. The number of hydrogen-bond acceptors (Lipinski definition) is 3. The van der Waals surface area contributed by atoms with E-state index in [1.165, 1.54) is 5.56 Å². The number of benzene rings is 1. The molecule has 1 aromatic carbocycles. The van der Waals surface area contributed by atoms with E-state index in [4.69, 9.17) is 4.74 Å². The second-order valence-corrected chi connectivity index (χ2v) is 5.34. The van der Waals surface area contributed by atoms with Crippen LogP contribution in [0.25, 0.3) is 0 Å². The predicted molar refractivity (Wildman–Crippen MR) is 79.3 cm³/mol. The van der Waals surface area contributed by atoms with Crippen molar-refractivity contribution in [3.63, 3.8) is 0 Å². The van der Waals surface area contributed by atoms with Crippen molar-refractivity contribution in [1.82, 2.24) is 10.2 Å². The Morgan fingerprint density at radius 2 is 2.05 bits per heavy atom. The summed E-state index contributed by atoms with van der Waals surface area (Å²) in [5.74, 6) is 0. The van der Waals surface area contributed by atoms with Crippen LogP contribution in [0.4, 0.5) is 0 Å². The summed E-state index contributed by atoms with van der Waals surface area (Å²) in [6.45, 7) is 9.25. The minimum atomic E-state index is 0.475. The second kappa shape index (κ2) is 7.63. The molecule has 0 bridgehead atoms. The van der Waals surface area contributed by atoms with Crippen molar-refractivity contribution in [2.45, 2.75) is 32.4 Å². The minimum absolute atomic E-state index is 0.475. The van der Waals surface area contributed by atoms with E-state index in [1.54, 1.807) is 0 Å². The number of nitrogens with zero attached hydrogens (tertiary/aromatic N) is 1. The van der Waals surface area contributed by atoms with Crippen LogP contribution in [0.15, 0.2) is 30.3 Å². The number of piperazine rings is 1. The van der Waals surface area contributed by atoms with Gasteiger partial charge in [-0.3, -0.25) is 4.90 Å². The van der Waals surface area contributed by atoms with Crippen molar-refractivity contribution in [3.8, 4) is 0 Å². The maximum atomic E-state index is 5.64. The van der Waals surface area contributed by atoms with E-state index in [2.05, 4.69) is 54.4 Å². The van der Waals surface area contributed by atoms with Crippen molar-refractivity contribution in [1.29, 1.82) is 0 Å². The molecular weight excluding hydrogens is 236 g/mol. The molecule has 0 amide bonds. The first kappa shape index (κ1) is 14.5. The average molecular weight is 262 g/mol. The van der Waals surface area contributed by atoms with Crippen molar-refractivity contribution >= 4 is 0 Å². The Labute approximate surface area is 116 Å². The predicted octanol–water partition coefficient (Wildman–Crippen LogP) is 2.45. The van der Waals surface area contributed by atoms with E-state index in [1.807, 2.05) is 0 Å². The summed E-state index contributed by atoms with van der Waals surface area (Å²) in [5, 5.41) is 3.58. The molecular formula is C16H26N2O. The van der Waals surface area contributed by atoms with Crippen LogP contribution in [-0.2, 0) is 4.74 Å². The van der Waals surface area contributed by atoms with E-state index >= 15 is 0 Å². The molecule has 2 atom stereocenters. The number of ether oxygens (including phenoxy) is 1. The van der Waals surface area contributed by atoms with Gasteiger partial charge in [0.2, 0.25) is 0 Å². The summed E-state index contributed by atoms with van der Waals surface area (Å²) in [6.07, 6.45) is 1.10. The van der Waals surface area contributed by atoms with Gasteiger partial charge in [-0.1, -0.05) is 37.3 Å². The summed E-state index contributed by atoms with van der Waals surface area (Å²) in [4.78, 5) is 2.55. The van der Waals surface area contributed by atoms with Gasteiger partial charge in [-0.05, 0) is 18.9 Å². The molecule has 19 heavy (non-hydrogen) atoms. The molecule has 2 rings (SSSR count). The van der Waals surface area contributed by atoms with Crippen LogP contribution in [0.5, 0.6) is 0 Å². The Balaban J connectivity index is 1.94. The molecule has 0 aromatic heterocycles. The summed E-state index contributed by atoms with van der Waals surface area (Å²) >= 11 is 0. The van der Waals surface area contributed by atoms with E-state index in [-0.39, 0.29) is 0 Å². The quantitative estimate of drug-likeness (QED) is 0.797. The highest BCUT2D eigenvalue weighted by Crippen LogP contribution is 2.22. The van der Waals surface area contributed by atoms with Gasteiger partial charge in [-0.15, -0.1) is 0 Å². The van der Waals surface area contributed by atoms with Gasteiger partial charge in [-0.25, -0.2) is 0 Å². The highest BCUT2D eigenvalue weighted by Gasteiger charge is 2.26. The van der Waals surface area contributed by atoms with Crippen molar-refractivity contribution in [2.75, 3.05) is 32.8 Å². The zero-order valence-electron chi connectivity index (χ0n) is 12.1. The minimum Gasteiger partial charge on any atom is -0.380 e. The summed E-state index contributed by atoms with van der Waals surface area (Å²) in [5.41, 5.74) is 1.40. The highest BCUT2D eigenvalue weighted by molar-refractivity contribution is 5.20. The molecule has 1 fully saturated rings. The highest BCUT2D eigenvalue weighted by atomic mass is 16.5. The molecule has 1 aromatic rings. The Morgan fingerprint density at radius 3 is 2.79 bits per heavy atom. The average Bonchev–Trinajstić information content (AvgIpc) is 2.45. The van der Waals surface area contributed by atoms with Crippen LogP contribution in [0, 0.1) is 0 Å². The monoisotopic (exact) mass is 262 g/mol. The summed E-state index contributed by atoms with van der Waals surface area (Å²) < 4.78 is 5.64. The van der Waals surface area contributed by atoms with Crippen molar-refractivity contribution in [2.24, 2.45) is 0 Å². The van der Waals surface area contributed by atoms with Crippen LogP contribution >= 0.6 is 0 Å². The molecule has 0 spiro atoms. The van der Waals surface area contributed by atoms with Gasteiger partial charge in [-0.2, -0.15) is 0 Å². The smallest absolute Gasteiger partial charge is 0.0593 e. The third-order valence-corrected chi connectivity index (χ3v) is 3.66. The third kappa shape index (κ3) is 4.30. The maximum Gasteiger partial charge on any atom is 0.0593 e. The number of rotatable bonds is 6. The van der Waals surface area contributed by atoms with Crippen molar-refractivity contribution < 1.29 is 4.74 Å². The van der Waals surface area contributed by atoms with Gasteiger partial charge in [0.25, 0.3) is 0 Å². The van der Waals surface area contributed by atoms with Gasteiger partial charge in [0.1, 0.15) is 0 Å². The lowest BCUT2D eigenvalue weighted by atomic mass is 10.0. The largest absolute Gasteiger partial charge is 0.380 e. The molecule has 3 heteroatoms. The molecule has 1 saturated heterocycles. The normalized spacial score (nSPS) is 24.5. The lowest BCUT2D eigenvalue weighted by Crippen LogP contribution is -2.51. The molecule has 106 valence electrons. The van der Waals surface area contributed by atoms with Gasteiger partial charge in [0, 0.05) is 38.3 Å². The van der Waals surface area contributed by atoms with Crippen LogP contribution < -0.4 is 5.32 Å². The topological polar surface area (TPSA) is 24.5 Å². The Bertz CT molecular complexity index is 355. The fourth-order valence-electron chi connectivity index (χ4n) is 2.66. The SMILES string of the molecule is CCCOCCN1CC(C)NCC1c1ccccc1. The molecule has 1 aliphatic rings. The van der Waals surface area contributed by atoms with Crippen molar-refractivity contribution in [3.05, 3.63) is 35.9 Å². The molecule has 0 saturated carbocycles. The Hall–Kier alpha value is -0.900. The molecule has 0 radical (unpaired) electrons. The lowest BCUT2D eigenvalue weighted by molar-refractivity contribution is 0.0674. The Morgan fingerprint density at radius 1 is 1.26 bits per heavy atom. The fraction of sp³-hybridized carbons (Fsp3) is 0.625. The molecule has 2 unspecified atom stereocenters. The van der Waals surface area contributed by atoms with Gasteiger partial charge < -0.3 is 10.1 Å². The molecule has 1 heterocycles. The second-order valence-electron chi connectivity index (χ2n) is 5.34. The zero-order valence-corrected chi connectivity index (χ0v) is 12.1. The van der Waals surface area contributed by atoms with Crippen LogP contribution in [0.2, 0.25) is 0 Å². The lowest BCUT2D eigenvalue weighted by Gasteiger charge is -2.39. The Kier molecular flexibility index (Phi) is 5.83. The number of nitrogens with one attached hydrogen (secondary N) is 1. The van der Waals surface area contributed by atoms with E-state index < -0.39 is 0 Å². The van der Waals surface area contributed by atoms with Crippen LogP contribution in [0.1, 0.15) is 31.9 Å².